The van der Waals surface area contributed by atoms with Crippen LogP contribution in [-0.2, 0) is 9.59 Å². The van der Waals surface area contributed by atoms with E-state index in [4.69, 9.17) is 0 Å². The Bertz CT molecular complexity index is 645. The summed E-state index contributed by atoms with van der Waals surface area (Å²) in [5.41, 5.74) is 1.54. The molecule has 5 nitrogen and oxygen atoms in total. The van der Waals surface area contributed by atoms with E-state index in [0.29, 0.717) is 6.54 Å². The number of fused-ring (bicyclic) bond motifs is 2. The maximum absolute atomic E-state index is 12.8. The average molecular weight is 327 g/mol. The quantitative estimate of drug-likeness (QED) is 0.908. The van der Waals surface area contributed by atoms with Crippen molar-refractivity contribution in [1.29, 1.82) is 0 Å². The van der Waals surface area contributed by atoms with Crippen LogP contribution in [0.5, 0.6) is 0 Å². The normalized spacial score (nSPS) is 27.2. The second kappa shape index (κ2) is 6.55. The standard InChI is InChI=1S/C19H25N3O2/c23-18-12-22(17-8-4-3-7-16(17)20-18)19(24)13-21-10-9-14-5-1-2-6-15(14)11-21/h3-4,7-8,14-15H,1-2,5-6,9-13H2,(H,20,23)/t14-,15+/m0/s1. The zero-order chi connectivity index (χ0) is 16.5. The number of carbonyl (C=O) groups excluding carboxylic acids is 2. The number of nitrogens with zero attached hydrogens (tertiary/aromatic N) is 2. The van der Waals surface area contributed by atoms with E-state index in [9.17, 15) is 9.59 Å². The molecule has 24 heavy (non-hydrogen) atoms. The summed E-state index contributed by atoms with van der Waals surface area (Å²) in [4.78, 5) is 28.7. The molecule has 1 N–H and O–H groups in total. The molecule has 2 fully saturated rings. The van der Waals surface area contributed by atoms with E-state index < -0.39 is 0 Å². The van der Waals surface area contributed by atoms with Gasteiger partial charge in [-0.15, -0.1) is 0 Å². The number of nitrogens with one attached hydrogen (secondary N) is 1. The lowest BCUT2D eigenvalue weighted by molar-refractivity contribution is -0.123. The Morgan fingerprint density at radius 1 is 1.12 bits per heavy atom. The largest absolute Gasteiger partial charge is 0.323 e. The van der Waals surface area contributed by atoms with Crippen molar-refractivity contribution < 1.29 is 9.59 Å². The molecular weight excluding hydrogens is 302 g/mol. The molecule has 2 atom stereocenters. The number of carbonyl (C=O) groups is 2. The van der Waals surface area contributed by atoms with Gasteiger partial charge in [-0.1, -0.05) is 31.4 Å². The van der Waals surface area contributed by atoms with Gasteiger partial charge in [0.2, 0.25) is 11.8 Å². The highest BCUT2D eigenvalue weighted by atomic mass is 16.2. The third-order valence-corrected chi connectivity index (χ3v) is 5.81. The Morgan fingerprint density at radius 3 is 2.79 bits per heavy atom. The molecule has 1 aromatic rings. The summed E-state index contributed by atoms with van der Waals surface area (Å²) in [5, 5.41) is 2.84. The predicted molar refractivity (Wildman–Crippen MR) is 93.9 cm³/mol. The molecule has 2 heterocycles. The first kappa shape index (κ1) is 15.6. The molecule has 4 rings (SSSR count). The van der Waals surface area contributed by atoms with Crippen LogP contribution in [0.2, 0.25) is 0 Å². The summed E-state index contributed by atoms with van der Waals surface area (Å²) in [7, 11) is 0. The first-order valence-electron chi connectivity index (χ1n) is 9.12. The first-order chi connectivity index (χ1) is 11.7. The summed E-state index contributed by atoms with van der Waals surface area (Å²) in [6, 6.07) is 7.53. The van der Waals surface area contributed by atoms with Gasteiger partial charge in [-0.05, 0) is 43.4 Å². The molecule has 2 amide bonds. The summed E-state index contributed by atoms with van der Waals surface area (Å²) < 4.78 is 0. The maximum Gasteiger partial charge on any atom is 0.244 e. The van der Waals surface area contributed by atoms with Crippen LogP contribution in [0.25, 0.3) is 0 Å². The smallest absolute Gasteiger partial charge is 0.244 e. The number of anilines is 2. The van der Waals surface area contributed by atoms with Crippen LogP contribution in [0.1, 0.15) is 32.1 Å². The van der Waals surface area contributed by atoms with E-state index in [1.807, 2.05) is 24.3 Å². The van der Waals surface area contributed by atoms with Crippen LogP contribution >= 0.6 is 0 Å². The van der Waals surface area contributed by atoms with Gasteiger partial charge in [0, 0.05) is 6.54 Å². The number of hydrogen-bond acceptors (Lipinski definition) is 3. The van der Waals surface area contributed by atoms with Crippen LogP contribution < -0.4 is 10.2 Å². The lowest BCUT2D eigenvalue weighted by Gasteiger charge is -2.41. The third-order valence-electron chi connectivity index (χ3n) is 5.81. The molecule has 5 heteroatoms. The van der Waals surface area contributed by atoms with Crippen molar-refractivity contribution in [3.63, 3.8) is 0 Å². The number of hydrogen-bond donors (Lipinski definition) is 1. The number of amides is 2. The van der Waals surface area contributed by atoms with E-state index in [1.54, 1.807) is 4.90 Å². The van der Waals surface area contributed by atoms with E-state index in [-0.39, 0.29) is 18.4 Å². The minimum Gasteiger partial charge on any atom is -0.323 e. The molecule has 2 aliphatic heterocycles. The first-order valence-corrected chi connectivity index (χ1v) is 9.12. The molecule has 0 radical (unpaired) electrons. The Hall–Kier alpha value is -1.88. The molecule has 0 aromatic heterocycles. The molecule has 1 saturated carbocycles. The molecule has 1 saturated heterocycles. The lowest BCUT2D eigenvalue weighted by atomic mass is 9.75. The second-order valence-electron chi connectivity index (χ2n) is 7.37. The fraction of sp³-hybridized carbons (Fsp3) is 0.579. The van der Waals surface area contributed by atoms with Gasteiger partial charge in [-0.25, -0.2) is 0 Å². The fourth-order valence-corrected chi connectivity index (χ4v) is 4.55. The van der Waals surface area contributed by atoms with Crippen molar-refractivity contribution >= 4 is 23.2 Å². The molecule has 0 unspecified atom stereocenters. The highest BCUT2D eigenvalue weighted by Crippen LogP contribution is 2.36. The lowest BCUT2D eigenvalue weighted by Crippen LogP contribution is -2.49. The van der Waals surface area contributed by atoms with E-state index >= 15 is 0 Å². The molecule has 0 bridgehead atoms. The maximum atomic E-state index is 12.8. The van der Waals surface area contributed by atoms with E-state index in [2.05, 4.69) is 10.2 Å². The zero-order valence-corrected chi connectivity index (χ0v) is 14.0. The van der Waals surface area contributed by atoms with Crippen LogP contribution in [0.15, 0.2) is 24.3 Å². The predicted octanol–water partition coefficient (Wildman–Crippen LogP) is 2.48. The minimum absolute atomic E-state index is 0.0339. The van der Waals surface area contributed by atoms with Crippen molar-refractivity contribution in [3.8, 4) is 0 Å². The summed E-state index contributed by atoms with van der Waals surface area (Å²) >= 11 is 0. The molecular formula is C19H25N3O2. The van der Waals surface area contributed by atoms with Gasteiger partial charge in [0.25, 0.3) is 0 Å². The van der Waals surface area contributed by atoms with Crippen molar-refractivity contribution in [2.75, 3.05) is 36.4 Å². The Kier molecular flexibility index (Phi) is 4.27. The number of likely N-dealkylation sites (tertiary alicyclic amines) is 1. The topological polar surface area (TPSA) is 52.7 Å². The monoisotopic (exact) mass is 327 g/mol. The SMILES string of the molecule is O=C1CN(C(=O)CN2CC[C@@H]3CCCC[C@@H]3C2)c2ccccc2N1. The van der Waals surface area contributed by atoms with Gasteiger partial charge in [0.05, 0.1) is 17.9 Å². The van der Waals surface area contributed by atoms with Crippen LogP contribution in [-0.4, -0.2) is 42.9 Å². The van der Waals surface area contributed by atoms with Gasteiger partial charge in [0.1, 0.15) is 6.54 Å². The van der Waals surface area contributed by atoms with Gasteiger partial charge in [0.15, 0.2) is 0 Å². The van der Waals surface area contributed by atoms with Crippen molar-refractivity contribution in [2.45, 2.75) is 32.1 Å². The Morgan fingerprint density at radius 2 is 1.92 bits per heavy atom. The summed E-state index contributed by atoms with van der Waals surface area (Å²) in [6.07, 6.45) is 6.61. The van der Waals surface area contributed by atoms with Crippen LogP contribution in [0, 0.1) is 11.8 Å². The fourth-order valence-electron chi connectivity index (χ4n) is 4.55. The highest BCUT2D eigenvalue weighted by molar-refractivity contribution is 6.10. The van der Waals surface area contributed by atoms with Crippen LogP contribution in [0.4, 0.5) is 11.4 Å². The van der Waals surface area contributed by atoms with Crippen molar-refractivity contribution in [1.82, 2.24) is 4.90 Å². The Balaban J connectivity index is 1.44. The van der Waals surface area contributed by atoms with Gasteiger partial charge < -0.3 is 5.32 Å². The van der Waals surface area contributed by atoms with Gasteiger partial charge in [-0.3, -0.25) is 19.4 Å². The molecule has 1 aliphatic carbocycles. The third kappa shape index (κ3) is 3.05. The summed E-state index contributed by atoms with van der Waals surface area (Å²) in [6.45, 7) is 2.59. The number of rotatable bonds is 2. The Labute approximate surface area is 143 Å². The minimum atomic E-state index is -0.118. The van der Waals surface area contributed by atoms with Crippen LogP contribution in [0.3, 0.4) is 0 Å². The molecule has 128 valence electrons. The van der Waals surface area contributed by atoms with Crippen molar-refractivity contribution in [2.24, 2.45) is 11.8 Å². The van der Waals surface area contributed by atoms with E-state index in [0.717, 1.165) is 36.3 Å². The molecule has 0 spiro atoms. The number of benzene rings is 1. The zero-order valence-electron chi connectivity index (χ0n) is 14.0. The number of para-hydroxylation sites is 2. The molecule has 1 aromatic carbocycles. The highest BCUT2D eigenvalue weighted by Gasteiger charge is 2.33. The molecule has 3 aliphatic rings. The van der Waals surface area contributed by atoms with Crippen molar-refractivity contribution in [3.05, 3.63) is 24.3 Å². The van der Waals surface area contributed by atoms with Gasteiger partial charge in [-0.2, -0.15) is 0 Å². The average Bonchev–Trinajstić information content (AvgIpc) is 2.60. The number of piperidine rings is 1. The summed E-state index contributed by atoms with van der Waals surface area (Å²) in [5.74, 6) is 1.54. The van der Waals surface area contributed by atoms with E-state index in [1.165, 1.54) is 32.1 Å². The van der Waals surface area contributed by atoms with Gasteiger partial charge >= 0.3 is 0 Å². The second-order valence-corrected chi connectivity index (χ2v) is 7.37.